The Morgan fingerprint density at radius 3 is 2.48 bits per heavy atom. The molecule has 0 fully saturated rings. The first-order valence-electron chi connectivity index (χ1n) is 6.82. The van der Waals surface area contributed by atoms with Gasteiger partial charge in [-0.15, -0.1) is 0 Å². The van der Waals surface area contributed by atoms with Crippen LogP contribution in [0.4, 0.5) is 13.2 Å². The number of halogens is 4. The highest BCUT2D eigenvalue weighted by molar-refractivity contribution is 6.32. The van der Waals surface area contributed by atoms with Crippen LogP contribution in [0.15, 0.2) is 42.5 Å². The number of rotatable bonds is 2. The molecular weight excluding hydrogens is 329 g/mol. The van der Waals surface area contributed by atoms with E-state index in [1.165, 1.54) is 18.2 Å². The molecule has 1 heterocycles. The van der Waals surface area contributed by atoms with E-state index in [1.807, 2.05) is 19.1 Å². The van der Waals surface area contributed by atoms with Crippen LogP contribution >= 0.6 is 11.6 Å². The molecule has 120 valence electrons. The molecule has 2 aromatic carbocycles. The topological polar surface area (TPSA) is 18.5 Å². The summed E-state index contributed by atoms with van der Waals surface area (Å²) in [5.41, 5.74) is 1.54. The summed E-state index contributed by atoms with van der Waals surface area (Å²) in [4.78, 5) is 0. The highest BCUT2D eigenvalue weighted by Gasteiger charge is 2.41. The first kappa shape index (κ1) is 15.7. The lowest BCUT2D eigenvalue weighted by atomic mass is 10.1. The molecule has 0 saturated heterocycles. The fourth-order valence-corrected chi connectivity index (χ4v) is 2.35. The van der Waals surface area contributed by atoms with E-state index in [-0.39, 0.29) is 11.5 Å². The molecule has 0 unspecified atom stereocenters. The Balaban J connectivity index is 1.90. The van der Waals surface area contributed by atoms with Crippen LogP contribution in [0.3, 0.4) is 0 Å². The van der Waals surface area contributed by atoms with Crippen LogP contribution < -0.4 is 9.47 Å². The molecule has 1 aliphatic rings. The van der Waals surface area contributed by atoms with Crippen molar-refractivity contribution in [1.29, 1.82) is 0 Å². The van der Waals surface area contributed by atoms with Crippen molar-refractivity contribution >= 4 is 17.7 Å². The molecule has 2 aromatic rings. The van der Waals surface area contributed by atoms with Gasteiger partial charge in [0.2, 0.25) is 6.10 Å². The molecule has 0 radical (unpaired) electrons. The third-order valence-electron chi connectivity index (χ3n) is 3.34. The van der Waals surface area contributed by atoms with Gasteiger partial charge in [-0.3, -0.25) is 0 Å². The largest absolute Gasteiger partial charge is 0.476 e. The molecule has 0 aliphatic carbocycles. The summed E-state index contributed by atoms with van der Waals surface area (Å²) < 4.78 is 48.9. The number of fused-ring (bicyclic) bond motifs is 1. The first-order valence-corrected chi connectivity index (χ1v) is 7.20. The van der Waals surface area contributed by atoms with Crippen molar-refractivity contribution in [3.63, 3.8) is 0 Å². The monoisotopic (exact) mass is 340 g/mol. The van der Waals surface area contributed by atoms with Gasteiger partial charge < -0.3 is 9.47 Å². The number of hydrogen-bond donors (Lipinski definition) is 0. The van der Waals surface area contributed by atoms with Crippen molar-refractivity contribution in [1.82, 2.24) is 0 Å². The zero-order valence-electron chi connectivity index (χ0n) is 12.0. The molecule has 23 heavy (non-hydrogen) atoms. The number of benzene rings is 2. The lowest BCUT2D eigenvalue weighted by Gasteiger charge is -2.24. The van der Waals surface area contributed by atoms with Crippen molar-refractivity contribution in [2.24, 2.45) is 0 Å². The van der Waals surface area contributed by atoms with E-state index in [0.29, 0.717) is 16.3 Å². The Morgan fingerprint density at radius 2 is 1.83 bits per heavy atom. The lowest BCUT2D eigenvalue weighted by Crippen LogP contribution is -2.33. The summed E-state index contributed by atoms with van der Waals surface area (Å²) in [5, 5.41) is 0.294. The van der Waals surface area contributed by atoms with Crippen LogP contribution in [-0.2, 0) is 0 Å². The quantitative estimate of drug-likeness (QED) is 0.690. The van der Waals surface area contributed by atoms with Crippen molar-refractivity contribution in [3.8, 4) is 17.2 Å². The van der Waals surface area contributed by atoms with Gasteiger partial charge in [-0.25, -0.2) is 0 Å². The standard InChI is InChI=1S/C17H12ClF3O2/c1-10-2-5-12(6-3-10)22-15-9-14-11(8-13(15)18)4-7-16(23-14)17(19,20)21/h2-9,16H,1H3/t16-/m0/s1. The number of hydrogen-bond acceptors (Lipinski definition) is 2. The predicted octanol–water partition coefficient (Wildman–Crippen LogP) is 5.78. The van der Waals surface area contributed by atoms with Crippen molar-refractivity contribution < 1.29 is 22.6 Å². The summed E-state index contributed by atoms with van der Waals surface area (Å²) in [7, 11) is 0. The maximum absolute atomic E-state index is 12.8. The minimum absolute atomic E-state index is 0.0846. The van der Waals surface area contributed by atoms with Gasteiger partial charge in [0.1, 0.15) is 17.2 Å². The summed E-state index contributed by atoms with van der Waals surface area (Å²) in [6.07, 6.45) is -4.13. The Morgan fingerprint density at radius 1 is 1.13 bits per heavy atom. The van der Waals surface area contributed by atoms with Gasteiger partial charge >= 0.3 is 6.18 Å². The van der Waals surface area contributed by atoms with Crippen LogP contribution in [0, 0.1) is 6.92 Å². The van der Waals surface area contributed by atoms with Gasteiger partial charge in [-0.1, -0.05) is 35.4 Å². The Hall–Kier alpha value is -2.14. The van der Waals surface area contributed by atoms with E-state index in [9.17, 15) is 13.2 Å². The Labute approximate surface area is 136 Å². The first-order chi connectivity index (χ1) is 10.8. The smallest absolute Gasteiger partial charge is 0.429 e. The zero-order valence-corrected chi connectivity index (χ0v) is 12.8. The molecule has 0 saturated carbocycles. The van der Waals surface area contributed by atoms with Gasteiger partial charge in [0.15, 0.2) is 0 Å². The van der Waals surface area contributed by atoms with Crippen LogP contribution in [-0.4, -0.2) is 12.3 Å². The SMILES string of the molecule is Cc1ccc(Oc2cc3c(cc2Cl)C=C[C@@H](C(F)(F)F)O3)cc1. The van der Waals surface area contributed by atoms with Gasteiger partial charge in [0.25, 0.3) is 0 Å². The average Bonchev–Trinajstić information content (AvgIpc) is 2.49. The molecule has 0 spiro atoms. The number of alkyl halides is 3. The van der Waals surface area contributed by atoms with E-state index in [4.69, 9.17) is 21.1 Å². The van der Waals surface area contributed by atoms with Crippen molar-refractivity contribution in [3.05, 3.63) is 58.6 Å². The second-order valence-electron chi connectivity index (χ2n) is 5.17. The minimum atomic E-state index is -4.47. The van der Waals surface area contributed by atoms with Crippen molar-refractivity contribution in [2.75, 3.05) is 0 Å². The molecule has 1 aliphatic heterocycles. The molecule has 0 amide bonds. The Bertz CT molecular complexity index is 752. The third kappa shape index (κ3) is 3.45. The van der Waals surface area contributed by atoms with E-state index >= 15 is 0 Å². The highest BCUT2D eigenvalue weighted by Crippen LogP contribution is 2.40. The summed E-state index contributed by atoms with van der Waals surface area (Å²) in [6, 6.07) is 10.1. The molecule has 6 heteroatoms. The van der Waals surface area contributed by atoms with Crippen LogP contribution in [0.5, 0.6) is 17.2 Å². The summed E-state index contributed by atoms with van der Waals surface area (Å²) >= 11 is 6.13. The van der Waals surface area contributed by atoms with E-state index in [1.54, 1.807) is 12.1 Å². The molecular formula is C17H12ClF3O2. The molecule has 0 bridgehead atoms. The molecule has 1 atom stereocenters. The van der Waals surface area contributed by atoms with Gasteiger partial charge in [0.05, 0.1) is 5.02 Å². The molecule has 2 nitrogen and oxygen atoms in total. The summed E-state index contributed by atoms with van der Waals surface area (Å²) in [6.45, 7) is 1.94. The average molecular weight is 341 g/mol. The molecule has 0 aromatic heterocycles. The maximum atomic E-state index is 12.8. The molecule has 3 rings (SSSR count). The third-order valence-corrected chi connectivity index (χ3v) is 3.64. The normalized spacial score (nSPS) is 16.7. The lowest BCUT2D eigenvalue weighted by molar-refractivity contribution is -0.180. The van der Waals surface area contributed by atoms with E-state index < -0.39 is 12.3 Å². The number of ether oxygens (including phenoxy) is 2. The van der Waals surface area contributed by atoms with Crippen molar-refractivity contribution in [2.45, 2.75) is 19.2 Å². The second kappa shape index (κ2) is 5.81. The molecule has 0 N–H and O–H groups in total. The van der Waals surface area contributed by atoms with E-state index in [0.717, 1.165) is 11.6 Å². The highest BCUT2D eigenvalue weighted by atomic mass is 35.5. The van der Waals surface area contributed by atoms with Crippen LogP contribution in [0.2, 0.25) is 5.02 Å². The van der Waals surface area contributed by atoms with Gasteiger partial charge in [-0.05, 0) is 31.2 Å². The zero-order chi connectivity index (χ0) is 16.6. The predicted molar refractivity (Wildman–Crippen MR) is 82.2 cm³/mol. The fraction of sp³-hybridized carbons (Fsp3) is 0.176. The Kier molecular flexibility index (Phi) is 3.98. The van der Waals surface area contributed by atoms with Gasteiger partial charge in [0, 0.05) is 11.6 Å². The summed E-state index contributed by atoms with van der Waals surface area (Å²) in [5.74, 6) is 0.864. The van der Waals surface area contributed by atoms with Gasteiger partial charge in [-0.2, -0.15) is 13.2 Å². The minimum Gasteiger partial charge on any atom is -0.476 e. The maximum Gasteiger partial charge on any atom is 0.429 e. The van der Waals surface area contributed by atoms with E-state index in [2.05, 4.69) is 0 Å². The fourth-order valence-electron chi connectivity index (χ4n) is 2.14. The second-order valence-corrected chi connectivity index (χ2v) is 5.58. The van der Waals surface area contributed by atoms with Crippen LogP contribution in [0.25, 0.3) is 6.08 Å². The van der Waals surface area contributed by atoms with Crippen LogP contribution in [0.1, 0.15) is 11.1 Å². The number of aryl methyl sites for hydroxylation is 1.